The van der Waals surface area contributed by atoms with Gasteiger partial charge in [0.1, 0.15) is 17.5 Å². The summed E-state index contributed by atoms with van der Waals surface area (Å²) in [6.07, 6.45) is 7.66. The van der Waals surface area contributed by atoms with Crippen molar-refractivity contribution in [3.63, 3.8) is 0 Å². The summed E-state index contributed by atoms with van der Waals surface area (Å²) >= 11 is 0. The van der Waals surface area contributed by atoms with Gasteiger partial charge in [0.25, 0.3) is 0 Å². The Morgan fingerprint density at radius 2 is 1.95 bits per heavy atom. The summed E-state index contributed by atoms with van der Waals surface area (Å²) in [5, 5.41) is 13.4. The molecule has 8 nitrogen and oxygen atoms in total. The number of pyridine rings is 1. The summed E-state index contributed by atoms with van der Waals surface area (Å²) in [7, 11) is 0. The molecule has 4 atom stereocenters. The average molecular weight is 561 g/mol. The number of nitrogens with two attached hydrogens (primary N) is 1. The van der Waals surface area contributed by atoms with Gasteiger partial charge in [0.05, 0.1) is 54.8 Å². The molecule has 5 rings (SSSR count). The van der Waals surface area contributed by atoms with Crippen molar-refractivity contribution in [3.05, 3.63) is 83.1 Å². The highest BCUT2D eigenvalue weighted by Gasteiger charge is 2.35. The van der Waals surface area contributed by atoms with E-state index < -0.39 is 11.6 Å². The molecule has 1 fully saturated rings. The molecular weight excluding hydrogens is 526 g/mol. The molecule has 0 aliphatic heterocycles. The zero-order valence-corrected chi connectivity index (χ0v) is 23.3. The Balaban J connectivity index is 1.40. The standard InChI is InChI=1S/C31H34F2N6O2/c1-3-40-18-20-12-25(32)30(26(33)13-20)28-6-5-23-17-37-29(39(23)38-28)15-22-16-36-9-7-24(22)21-11-19(2)31(27(35)14-21)41-10-4-8-34/h5-7,9,12-13,16-17,19,21,27,31H,3-4,10-11,14-15,18,35H2,1-2H3/t19-,21?,27+,31-/m0/s1. The highest BCUT2D eigenvalue weighted by atomic mass is 19.1. The molecule has 3 aromatic heterocycles. The van der Waals surface area contributed by atoms with Crippen molar-refractivity contribution in [2.24, 2.45) is 11.7 Å². The number of nitrogens with zero attached hydrogens (tertiary/aromatic N) is 5. The molecule has 0 spiro atoms. The van der Waals surface area contributed by atoms with E-state index in [1.807, 2.05) is 19.2 Å². The maximum absolute atomic E-state index is 15.0. The smallest absolute Gasteiger partial charge is 0.135 e. The Labute approximate surface area is 238 Å². The minimum absolute atomic E-state index is 0.0854. The van der Waals surface area contributed by atoms with E-state index in [1.54, 1.807) is 29.0 Å². The molecule has 4 aromatic rings. The Morgan fingerprint density at radius 3 is 2.68 bits per heavy atom. The van der Waals surface area contributed by atoms with E-state index in [2.05, 4.69) is 28.1 Å². The van der Waals surface area contributed by atoms with E-state index in [-0.39, 0.29) is 41.8 Å². The Morgan fingerprint density at radius 1 is 1.15 bits per heavy atom. The number of benzene rings is 1. The van der Waals surface area contributed by atoms with Crippen molar-refractivity contribution in [1.82, 2.24) is 19.6 Å². The number of nitriles is 1. The first-order valence-corrected chi connectivity index (χ1v) is 14.0. The van der Waals surface area contributed by atoms with Crippen molar-refractivity contribution in [3.8, 4) is 17.3 Å². The second kappa shape index (κ2) is 12.8. The summed E-state index contributed by atoms with van der Waals surface area (Å²) in [4.78, 5) is 8.95. The molecule has 0 bridgehead atoms. The number of hydrogen-bond donors (Lipinski definition) is 1. The first kappa shape index (κ1) is 28.7. The fourth-order valence-corrected chi connectivity index (χ4v) is 5.86. The fourth-order valence-electron chi connectivity index (χ4n) is 5.86. The Kier molecular flexibility index (Phi) is 8.98. The van der Waals surface area contributed by atoms with Gasteiger partial charge in [-0.15, -0.1) is 0 Å². The van der Waals surface area contributed by atoms with E-state index in [9.17, 15) is 0 Å². The molecule has 41 heavy (non-hydrogen) atoms. The second-order valence-electron chi connectivity index (χ2n) is 10.6. The van der Waals surface area contributed by atoms with Gasteiger partial charge in [0, 0.05) is 31.5 Å². The second-order valence-corrected chi connectivity index (χ2v) is 10.6. The van der Waals surface area contributed by atoms with Crippen LogP contribution in [0.4, 0.5) is 8.78 Å². The lowest BCUT2D eigenvalue weighted by molar-refractivity contribution is -0.0199. The molecule has 0 amide bonds. The van der Waals surface area contributed by atoms with Gasteiger partial charge in [0.15, 0.2) is 0 Å². The summed E-state index contributed by atoms with van der Waals surface area (Å²) < 4.78 is 42.9. The van der Waals surface area contributed by atoms with E-state index in [0.717, 1.165) is 24.0 Å². The predicted octanol–water partition coefficient (Wildman–Crippen LogP) is 5.34. The van der Waals surface area contributed by atoms with Crippen molar-refractivity contribution in [2.45, 2.75) is 64.2 Å². The highest BCUT2D eigenvalue weighted by molar-refractivity contribution is 5.63. The van der Waals surface area contributed by atoms with Crippen LogP contribution in [0.25, 0.3) is 16.8 Å². The molecule has 0 radical (unpaired) electrons. The minimum Gasteiger partial charge on any atom is -0.377 e. The maximum atomic E-state index is 15.0. The molecule has 1 aliphatic rings. The molecule has 3 heterocycles. The molecule has 1 saturated carbocycles. The van der Waals surface area contributed by atoms with Crippen LogP contribution in [-0.2, 0) is 22.5 Å². The third-order valence-corrected chi connectivity index (χ3v) is 7.74. The van der Waals surface area contributed by atoms with Gasteiger partial charge >= 0.3 is 0 Å². The minimum atomic E-state index is -0.694. The van der Waals surface area contributed by atoms with Crippen molar-refractivity contribution in [2.75, 3.05) is 13.2 Å². The topological polar surface area (TPSA) is 111 Å². The number of aromatic nitrogens is 4. The van der Waals surface area contributed by atoms with E-state index in [4.69, 9.17) is 20.5 Å². The van der Waals surface area contributed by atoms with Crippen LogP contribution < -0.4 is 5.73 Å². The van der Waals surface area contributed by atoms with Gasteiger partial charge < -0.3 is 15.2 Å². The Hall–Kier alpha value is -3.78. The number of fused-ring (bicyclic) bond motifs is 1. The summed E-state index contributed by atoms with van der Waals surface area (Å²) in [6, 6.07) is 9.91. The van der Waals surface area contributed by atoms with E-state index in [0.29, 0.717) is 43.0 Å². The number of rotatable bonds is 10. The molecule has 1 unspecified atom stereocenters. The highest BCUT2D eigenvalue weighted by Crippen LogP contribution is 2.38. The van der Waals surface area contributed by atoms with Crippen LogP contribution >= 0.6 is 0 Å². The molecule has 2 N–H and O–H groups in total. The molecule has 214 valence electrons. The Bertz CT molecular complexity index is 1520. The SMILES string of the molecule is CCOCc1cc(F)c(-c2ccc3cnc(Cc4cnccc4C4C[C@@H](N)[C@@H](OCCC#N)[C@@H](C)C4)n3n2)c(F)c1. The average Bonchev–Trinajstić information content (AvgIpc) is 3.35. The van der Waals surface area contributed by atoms with Gasteiger partial charge in [-0.2, -0.15) is 10.4 Å². The number of ether oxygens (including phenoxy) is 2. The van der Waals surface area contributed by atoms with Crippen molar-refractivity contribution < 1.29 is 18.3 Å². The van der Waals surface area contributed by atoms with Crippen LogP contribution in [0, 0.1) is 28.9 Å². The first-order chi connectivity index (χ1) is 19.9. The lowest BCUT2D eigenvalue weighted by atomic mass is 9.73. The van der Waals surface area contributed by atoms with Crippen LogP contribution in [0.1, 0.15) is 61.5 Å². The predicted molar refractivity (Wildman–Crippen MR) is 150 cm³/mol. The zero-order chi connectivity index (χ0) is 28.9. The van der Waals surface area contributed by atoms with Gasteiger partial charge in [-0.1, -0.05) is 6.92 Å². The maximum Gasteiger partial charge on any atom is 0.135 e. The lowest BCUT2D eigenvalue weighted by Gasteiger charge is -2.39. The zero-order valence-electron chi connectivity index (χ0n) is 23.3. The molecule has 0 saturated heterocycles. The van der Waals surface area contributed by atoms with Crippen molar-refractivity contribution in [1.29, 1.82) is 5.26 Å². The largest absolute Gasteiger partial charge is 0.377 e. The third kappa shape index (κ3) is 6.27. The summed E-state index contributed by atoms with van der Waals surface area (Å²) in [5.41, 5.74) is 9.83. The van der Waals surface area contributed by atoms with Crippen LogP contribution in [0.3, 0.4) is 0 Å². The summed E-state index contributed by atoms with van der Waals surface area (Å²) in [6.45, 7) is 4.94. The van der Waals surface area contributed by atoms with Crippen LogP contribution in [0.15, 0.2) is 48.9 Å². The molecule has 10 heteroatoms. The van der Waals surface area contributed by atoms with Crippen LogP contribution in [0.5, 0.6) is 0 Å². The molecule has 1 aromatic carbocycles. The van der Waals surface area contributed by atoms with Crippen LogP contribution in [-0.4, -0.2) is 44.9 Å². The quantitative estimate of drug-likeness (QED) is 0.261. The monoisotopic (exact) mass is 560 g/mol. The van der Waals surface area contributed by atoms with Gasteiger partial charge in [-0.05, 0) is 78.6 Å². The number of imidazole rings is 1. The van der Waals surface area contributed by atoms with E-state index >= 15 is 8.78 Å². The molecule has 1 aliphatic carbocycles. The first-order valence-electron chi connectivity index (χ1n) is 14.0. The third-order valence-electron chi connectivity index (χ3n) is 7.74. The van der Waals surface area contributed by atoms with Crippen molar-refractivity contribution >= 4 is 5.52 Å². The number of hydrogen-bond acceptors (Lipinski definition) is 7. The van der Waals surface area contributed by atoms with Gasteiger partial charge in [0.2, 0.25) is 0 Å². The van der Waals surface area contributed by atoms with Gasteiger partial charge in [-0.3, -0.25) is 4.98 Å². The van der Waals surface area contributed by atoms with E-state index in [1.165, 1.54) is 12.1 Å². The van der Waals surface area contributed by atoms with Crippen LogP contribution in [0.2, 0.25) is 0 Å². The fraction of sp³-hybridized carbons (Fsp3) is 0.419. The van der Waals surface area contributed by atoms with Gasteiger partial charge in [-0.25, -0.2) is 18.3 Å². The lowest BCUT2D eigenvalue weighted by Crippen LogP contribution is -2.46. The molecular formula is C31H34F2N6O2. The number of halogens is 2. The normalized spacial score (nSPS) is 20.8. The summed E-state index contributed by atoms with van der Waals surface area (Å²) in [5.74, 6) is -0.316.